The van der Waals surface area contributed by atoms with Gasteiger partial charge in [-0.3, -0.25) is 14.2 Å². The second-order valence-electron chi connectivity index (χ2n) is 6.98. The van der Waals surface area contributed by atoms with Crippen molar-refractivity contribution in [3.05, 3.63) is 99.3 Å². The van der Waals surface area contributed by atoms with Crippen molar-refractivity contribution in [2.45, 2.75) is 12.1 Å². The summed E-state index contributed by atoms with van der Waals surface area (Å²) in [6.07, 6.45) is 1.52. The van der Waals surface area contributed by atoms with E-state index < -0.39 is 0 Å². The number of rotatable bonds is 6. The number of amides is 1. The number of carbonyl (C=O) groups excluding carboxylic acids is 1. The SMILES string of the molecule is Cc1ccccc1-n1c(SCC(=O)NN=Cc2cccc(Cl)c2)nc2ccccc2c1=O. The van der Waals surface area contributed by atoms with Gasteiger partial charge < -0.3 is 0 Å². The number of thioether (sulfide) groups is 1. The monoisotopic (exact) mass is 462 g/mol. The largest absolute Gasteiger partial charge is 0.272 e. The lowest BCUT2D eigenvalue weighted by Gasteiger charge is -2.14. The molecule has 0 fully saturated rings. The molecule has 0 aliphatic heterocycles. The van der Waals surface area contributed by atoms with Gasteiger partial charge in [-0.25, -0.2) is 10.4 Å². The minimum Gasteiger partial charge on any atom is -0.272 e. The minimum atomic E-state index is -0.313. The van der Waals surface area contributed by atoms with E-state index in [-0.39, 0.29) is 17.2 Å². The molecular weight excluding hydrogens is 444 g/mol. The number of fused-ring (bicyclic) bond motifs is 1. The van der Waals surface area contributed by atoms with E-state index in [4.69, 9.17) is 11.6 Å². The second kappa shape index (κ2) is 9.80. The van der Waals surface area contributed by atoms with Gasteiger partial charge in [0.1, 0.15) is 0 Å². The van der Waals surface area contributed by atoms with Crippen LogP contribution in [-0.2, 0) is 4.79 Å². The fourth-order valence-corrected chi connectivity index (χ4v) is 4.16. The number of hydrazone groups is 1. The van der Waals surface area contributed by atoms with E-state index in [0.717, 1.165) is 16.8 Å². The van der Waals surface area contributed by atoms with Crippen LogP contribution in [-0.4, -0.2) is 27.4 Å². The van der Waals surface area contributed by atoms with Crippen molar-refractivity contribution in [3.8, 4) is 5.69 Å². The molecule has 0 saturated heterocycles. The smallest absolute Gasteiger partial charge is 0.266 e. The van der Waals surface area contributed by atoms with Crippen LogP contribution in [0.25, 0.3) is 16.6 Å². The fraction of sp³-hybridized carbons (Fsp3) is 0.0833. The number of nitrogens with zero attached hydrogens (tertiary/aromatic N) is 3. The molecule has 3 aromatic carbocycles. The molecule has 1 N–H and O–H groups in total. The van der Waals surface area contributed by atoms with E-state index in [0.29, 0.717) is 21.1 Å². The maximum absolute atomic E-state index is 13.3. The van der Waals surface area contributed by atoms with E-state index in [1.54, 1.807) is 34.9 Å². The number of aromatic nitrogens is 2. The molecule has 4 aromatic rings. The van der Waals surface area contributed by atoms with Crippen LogP contribution in [0, 0.1) is 6.92 Å². The molecular formula is C24H19ClN4O2S. The first kappa shape index (κ1) is 21.8. The fourth-order valence-electron chi connectivity index (χ4n) is 3.16. The molecule has 0 unspecified atom stereocenters. The van der Waals surface area contributed by atoms with Crippen LogP contribution in [0.4, 0.5) is 0 Å². The number of halogens is 1. The lowest BCUT2D eigenvalue weighted by atomic mass is 10.2. The van der Waals surface area contributed by atoms with Gasteiger partial charge in [-0.15, -0.1) is 0 Å². The topological polar surface area (TPSA) is 76.3 Å². The van der Waals surface area contributed by atoms with Gasteiger partial charge in [0.25, 0.3) is 11.5 Å². The zero-order chi connectivity index (χ0) is 22.5. The Labute approximate surface area is 194 Å². The van der Waals surface area contributed by atoms with Crippen molar-refractivity contribution in [1.82, 2.24) is 15.0 Å². The lowest BCUT2D eigenvalue weighted by Crippen LogP contribution is -2.24. The Hall–Kier alpha value is -3.42. The number of carbonyl (C=O) groups is 1. The Bertz CT molecular complexity index is 1380. The third-order valence-corrected chi connectivity index (χ3v) is 5.86. The summed E-state index contributed by atoms with van der Waals surface area (Å²) in [6.45, 7) is 1.93. The highest BCUT2D eigenvalue weighted by atomic mass is 35.5. The van der Waals surface area contributed by atoms with Crippen molar-refractivity contribution < 1.29 is 4.79 Å². The van der Waals surface area contributed by atoms with Crippen LogP contribution in [0.15, 0.2) is 87.8 Å². The quantitative estimate of drug-likeness (QED) is 0.197. The Morgan fingerprint density at radius 2 is 1.91 bits per heavy atom. The van der Waals surface area contributed by atoms with Crippen LogP contribution >= 0.6 is 23.4 Å². The normalized spacial score (nSPS) is 11.2. The molecule has 0 aliphatic carbocycles. The highest BCUT2D eigenvalue weighted by Gasteiger charge is 2.15. The molecule has 8 heteroatoms. The van der Waals surface area contributed by atoms with Crippen molar-refractivity contribution in [2.24, 2.45) is 5.10 Å². The van der Waals surface area contributed by atoms with Gasteiger partial charge in [0.05, 0.1) is 28.6 Å². The lowest BCUT2D eigenvalue weighted by molar-refractivity contribution is -0.118. The van der Waals surface area contributed by atoms with Gasteiger partial charge in [-0.1, -0.05) is 65.8 Å². The van der Waals surface area contributed by atoms with E-state index in [9.17, 15) is 9.59 Å². The van der Waals surface area contributed by atoms with E-state index in [1.807, 2.05) is 49.4 Å². The van der Waals surface area contributed by atoms with Crippen LogP contribution in [0.2, 0.25) is 5.02 Å². The molecule has 1 aromatic heterocycles. The zero-order valence-corrected chi connectivity index (χ0v) is 18.7. The molecule has 0 radical (unpaired) electrons. The molecule has 0 bridgehead atoms. The van der Waals surface area contributed by atoms with Gasteiger partial charge in [0.15, 0.2) is 5.16 Å². The van der Waals surface area contributed by atoms with Crippen molar-refractivity contribution in [2.75, 3.05) is 5.75 Å². The van der Waals surface area contributed by atoms with Crippen LogP contribution in [0.3, 0.4) is 0 Å². The summed E-state index contributed by atoms with van der Waals surface area (Å²) in [4.78, 5) is 30.3. The molecule has 160 valence electrons. The van der Waals surface area contributed by atoms with Gasteiger partial charge in [0.2, 0.25) is 0 Å². The Morgan fingerprint density at radius 1 is 1.12 bits per heavy atom. The zero-order valence-electron chi connectivity index (χ0n) is 17.2. The van der Waals surface area contributed by atoms with Gasteiger partial charge in [-0.05, 0) is 48.4 Å². The van der Waals surface area contributed by atoms with E-state index >= 15 is 0 Å². The molecule has 0 atom stereocenters. The summed E-state index contributed by atoms with van der Waals surface area (Å²) in [6, 6.07) is 21.9. The van der Waals surface area contributed by atoms with Crippen molar-refractivity contribution in [1.29, 1.82) is 0 Å². The maximum Gasteiger partial charge on any atom is 0.266 e. The highest BCUT2D eigenvalue weighted by molar-refractivity contribution is 7.99. The molecule has 32 heavy (non-hydrogen) atoms. The first-order chi connectivity index (χ1) is 15.5. The highest BCUT2D eigenvalue weighted by Crippen LogP contribution is 2.23. The van der Waals surface area contributed by atoms with Crippen molar-refractivity contribution >= 4 is 46.4 Å². The summed E-state index contributed by atoms with van der Waals surface area (Å²) < 4.78 is 1.56. The maximum atomic E-state index is 13.3. The number of hydrogen-bond acceptors (Lipinski definition) is 5. The van der Waals surface area contributed by atoms with Crippen LogP contribution < -0.4 is 11.0 Å². The summed E-state index contributed by atoms with van der Waals surface area (Å²) in [5, 5.41) is 5.53. The molecule has 6 nitrogen and oxygen atoms in total. The molecule has 1 amide bonds. The van der Waals surface area contributed by atoms with Gasteiger partial charge in [0, 0.05) is 5.02 Å². The molecule has 1 heterocycles. The van der Waals surface area contributed by atoms with E-state index in [1.165, 1.54) is 18.0 Å². The summed E-state index contributed by atoms with van der Waals surface area (Å²) in [5.74, 6) is -0.268. The average Bonchev–Trinajstić information content (AvgIpc) is 2.79. The van der Waals surface area contributed by atoms with Crippen LogP contribution in [0.1, 0.15) is 11.1 Å². The second-order valence-corrected chi connectivity index (χ2v) is 8.35. The molecule has 0 spiro atoms. The summed E-state index contributed by atoms with van der Waals surface area (Å²) in [5.41, 5.74) is 5.35. The first-order valence-corrected chi connectivity index (χ1v) is 11.2. The summed E-state index contributed by atoms with van der Waals surface area (Å²) in [7, 11) is 0. The molecule has 0 saturated carbocycles. The van der Waals surface area contributed by atoms with E-state index in [2.05, 4.69) is 15.5 Å². The Morgan fingerprint density at radius 3 is 2.72 bits per heavy atom. The molecule has 4 rings (SSSR count). The minimum absolute atomic E-state index is 0.0452. The third kappa shape index (κ3) is 4.90. The number of nitrogens with one attached hydrogen (secondary N) is 1. The number of benzene rings is 3. The number of para-hydroxylation sites is 2. The average molecular weight is 463 g/mol. The third-order valence-electron chi connectivity index (χ3n) is 4.69. The van der Waals surface area contributed by atoms with Gasteiger partial charge in [-0.2, -0.15) is 5.10 Å². The predicted octanol–water partition coefficient (Wildman–Crippen LogP) is 4.59. The Balaban J connectivity index is 1.58. The first-order valence-electron chi connectivity index (χ1n) is 9.81. The van der Waals surface area contributed by atoms with Gasteiger partial charge >= 0.3 is 0 Å². The predicted molar refractivity (Wildman–Crippen MR) is 130 cm³/mol. The Kier molecular flexibility index (Phi) is 6.68. The standard InChI is InChI=1S/C24H19ClN4O2S/c1-16-7-2-5-12-21(16)29-23(31)19-10-3-4-11-20(19)27-24(29)32-15-22(30)28-26-14-17-8-6-9-18(25)13-17/h2-14H,15H2,1H3,(H,28,30). The van der Waals surface area contributed by atoms with Crippen molar-refractivity contribution in [3.63, 3.8) is 0 Å². The summed E-state index contributed by atoms with van der Waals surface area (Å²) >= 11 is 7.13. The molecule has 0 aliphatic rings. The number of hydrogen-bond donors (Lipinski definition) is 1. The van der Waals surface area contributed by atoms with Crippen LogP contribution in [0.5, 0.6) is 0 Å². The number of aryl methyl sites for hydroxylation is 1.